The SMILES string of the molecule is CCC[C@@H](C)[C@H]1CC[C@H]2[C@@H]3CCC4CCC(O)C(O)(O)[C@]4(C)[C@H]3CN[C@]12C. The summed E-state index contributed by atoms with van der Waals surface area (Å²) in [6.07, 6.45) is 7.80. The molecule has 9 atom stereocenters. The third-order valence-corrected chi connectivity index (χ3v) is 10.0. The molecule has 4 nitrogen and oxygen atoms in total. The molecule has 0 bridgehead atoms. The normalized spacial score (nSPS) is 52.6. The number of aliphatic hydroxyl groups excluding tert-OH is 1. The third kappa shape index (κ3) is 2.62. The number of hydrogen-bond acceptors (Lipinski definition) is 4. The summed E-state index contributed by atoms with van der Waals surface area (Å²) in [5.74, 6) is 1.20. The molecule has 4 heteroatoms. The maximum atomic E-state index is 11.0. The summed E-state index contributed by atoms with van der Waals surface area (Å²) in [7, 11) is 0. The van der Waals surface area contributed by atoms with Crippen LogP contribution in [0.2, 0.25) is 0 Å². The van der Waals surface area contributed by atoms with E-state index in [2.05, 4.69) is 33.0 Å². The van der Waals surface area contributed by atoms with E-state index in [1.54, 1.807) is 0 Å². The van der Waals surface area contributed by atoms with Gasteiger partial charge in [0, 0.05) is 11.0 Å². The lowest BCUT2D eigenvalue weighted by molar-refractivity contribution is -0.346. The van der Waals surface area contributed by atoms with Crippen molar-refractivity contribution in [3.8, 4) is 0 Å². The first-order chi connectivity index (χ1) is 12.7. The molecule has 4 rings (SSSR count). The van der Waals surface area contributed by atoms with Crippen molar-refractivity contribution in [2.75, 3.05) is 6.54 Å². The van der Waals surface area contributed by atoms with Crippen LogP contribution < -0.4 is 5.32 Å². The van der Waals surface area contributed by atoms with Crippen LogP contribution in [0.15, 0.2) is 0 Å². The first-order valence-electron chi connectivity index (χ1n) is 11.6. The van der Waals surface area contributed by atoms with Crippen molar-refractivity contribution in [2.24, 2.45) is 40.9 Å². The highest BCUT2D eigenvalue weighted by Gasteiger charge is 2.67. The first-order valence-corrected chi connectivity index (χ1v) is 11.6. The summed E-state index contributed by atoms with van der Waals surface area (Å²) in [6.45, 7) is 10.1. The Morgan fingerprint density at radius 3 is 2.41 bits per heavy atom. The van der Waals surface area contributed by atoms with E-state index >= 15 is 0 Å². The summed E-state index contributed by atoms with van der Waals surface area (Å²) in [6, 6.07) is 0. The van der Waals surface area contributed by atoms with E-state index in [-0.39, 0.29) is 11.5 Å². The number of piperidine rings is 1. The topological polar surface area (TPSA) is 72.7 Å². The molecule has 4 N–H and O–H groups in total. The number of nitrogens with one attached hydrogen (secondary N) is 1. The van der Waals surface area contributed by atoms with Gasteiger partial charge in [0.15, 0.2) is 5.79 Å². The Bertz CT molecular complexity index is 566. The Balaban J connectivity index is 1.64. The molecule has 2 unspecified atom stereocenters. The molecular formula is C23H41NO3. The molecule has 1 aliphatic heterocycles. The van der Waals surface area contributed by atoms with Gasteiger partial charge in [-0.2, -0.15) is 0 Å². The third-order valence-electron chi connectivity index (χ3n) is 10.0. The highest BCUT2D eigenvalue weighted by Crippen LogP contribution is 2.64. The van der Waals surface area contributed by atoms with Gasteiger partial charge in [-0.15, -0.1) is 0 Å². The van der Waals surface area contributed by atoms with Crippen molar-refractivity contribution in [1.29, 1.82) is 0 Å². The standard InChI is InChI=1S/C23H41NO3/c1-5-6-14(2)17-10-11-18-16-9-7-15-8-12-20(25)23(26,27)21(15,3)19(16)13-24-22(17,18)4/h14-20,24-27H,5-13H2,1-4H3/t14-,15?,16+,17-,18+,19+,20?,21+,22-/m1/s1. The Morgan fingerprint density at radius 1 is 1.00 bits per heavy atom. The van der Waals surface area contributed by atoms with Gasteiger partial charge in [0.1, 0.15) is 6.10 Å². The van der Waals surface area contributed by atoms with Gasteiger partial charge in [-0.25, -0.2) is 0 Å². The zero-order chi connectivity index (χ0) is 19.6. The molecule has 0 aromatic heterocycles. The van der Waals surface area contributed by atoms with Crippen molar-refractivity contribution in [3.05, 3.63) is 0 Å². The fourth-order valence-electron chi connectivity index (χ4n) is 8.44. The zero-order valence-electron chi connectivity index (χ0n) is 17.7. The van der Waals surface area contributed by atoms with Gasteiger partial charge in [-0.05, 0) is 87.5 Å². The Labute approximate surface area is 165 Å². The summed E-state index contributed by atoms with van der Waals surface area (Å²) < 4.78 is 0. The summed E-state index contributed by atoms with van der Waals surface area (Å²) >= 11 is 0. The zero-order valence-corrected chi connectivity index (χ0v) is 17.7. The predicted molar refractivity (Wildman–Crippen MR) is 107 cm³/mol. The molecule has 3 saturated carbocycles. The van der Waals surface area contributed by atoms with Crippen LogP contribution in [0.3, 0.4) is 0 Å². The number of rotatable bonds is 3. The van der Waals surface area contributed by atoms with E-state index in [1.165, 1.54) is 32.1 Å². The molecule has 1 heterocycles. The Morgan fingerprint density at radius 2 is 1.70 bits per heavy atom. The fourth-order valence-corrected chi connectivity index (χ4v) is 8.44. The molecule has 156 valence electrons. The molecule has 0 amide bonds. The molecule has 0 radical (unpaired) electrons. The van der Waals surface area contributed by atoms with Gasteiger partial charge < -0.3 is 20.6 Å². The van der Waals surface area contributed by atoms with Gasteiger partial charge >= 0.3 is 0 Å². The number of fused-ring (bicyclic) bond motifs is 5. The Kier molecular flexibility index (Phi) is 4.98. The van der Waals surface area contributed by atoms with Crippen molar-refractivity contribution >= 4 is 0 Å². The minimum Gasteiger partial charge on any atom is -0.387 e. The molecule has 0 aromatic rings. The lowest BCUT2D eigenvalue weighted by atomic mass is 9.46. The second-order valence-corrected chi connectivity index (χ2v) is 10.9. The fraction of sp³-hybridized carbons (Fsp3) is 1.00. The highest BCUT2D eigenvalue weighted by molar-refractivity contribution is 5.16. The van der Waals surface area contributed by atoms with Crippen molar-refractivity contribution < 1.29 is 15.3 Å². The number of hydrogen-bond donors (Lipinski definition) is 4. The van der Waals surface area contributed by atoms with E-state index < -0.39 is 17.3 Å². The van der Waals surface area contributed by atoms with Gasteiger partial charge in [-0.1, -0.05) is 33.6 Å². The van der Waals surface area contributed by atoms with Gasteiger partial charge in [-0.3, -0.25) is 0 Å². The van der Waals surface area contributed by atoms with Gasteiger partial charge in [0.2, 0.25) is 0 Å². The summed E-state index contributed by atoms with van der Waals surface area (Å²) in [5.41, 5.74) is -0.436. The van der Waals surface area contributed by atoms with Crippen LogP contribution in [0.4, 0.5) is 0 Å². The first kappa shape index (κ1) is 20.1. The van der Waals surface area contributed by atoms with Gasteiger partial charge in [0.05, 0.1) is 0 Å². The van der Waals surface area contributed by atoms with E-state index in [1.807, 2.05) is 0 Å². The average Bonchev–Trinajstić information content (AvgIpc) is 2.97. The van der Waals surface area contributed by atoms with Crippen LogP contribution in [-0.2, 0) is 0 Å². The summed E-state index contributed by atoms with van der Waals surface area (Å²) in [4.78, 5) is 0. The van der Waals surface area contributed by atoms with E-state index in [9.17, 15) is 15.3 Å². The molecule has 0 aromatic carbocycles. The minimum absolute atomic E-state index is 0.180. The Hall–Kier alpha value is -0.160. The van der Waals surface area contributed by atoms with Crippen LogP contribution in [0.25, 0.3) is 0 Å². The van der Waals surface area contributed by atoms with Crippen LogP contribution in [0.5, 0.6) is 0 Å². The average molecular weight is 380 g/mol. The lowest BCUT2D eigenvalue weighted by Gasteiger charge is -2.64. The van der Waals surface area contributed by atoms with E-state index in [0.29, 0.717) is 24.2 Å². The largest absolute Gasteiger partial charge is 0.387 e. The minimum atomic E-state index is -1.97. The maximum absolute atomic E-state index is 11.0. The van der Waals surface area contributed by atoms with E-state index in [4.69, 9.17) is 0 Å². The molecule has 27 heavy (non-hydrogen) atoms. The smallest absolute Gasteiger partial charge is 0.195 e. The lowest BCUT2D eigenvalue weighted by Crippen LogP contribution is -2.72. The highest BCUT2D eigenvalue weighted by atomic mass is 16.5. The molecule has 4 aliphatic rings. The second-order valence-electron chi connectivity index (χ2n) is 10.9. The quantitative estimate of drug-likeness (QED) is 0.568. The van der Waals surface area contributed by atoms with Crippen LogP contribution in [-0.4, -0.2) is 39.3 Å². The summed E-state index contributed by atoms with van der Waals surface area (Å²) in [5, 5.41) is 36.4. The van der Waals surface area contributed by atoms with Crippen molar-refractivity contribution in [1.82, 2.24) is 5.32 Å². The second kappa shape index (κ2) is 6.68. The monoisotopic (exact) mass is 379 g/mol. The molecule has 3 aliphatic carbocycles. The van der Waals surface area contributed by atoms with Gasteiger partial charge in [0.25, 0.3) is 0 Å². The molecule has 1 saturated heterocycles. The maximum Gasteiger partial charge on any atom is 0.195 e. The molecular weight excluding hydrogens is 338 g/mol. The number of aliphatic hydroxyl groups is 3. The molecule has 4 fully saturated rings. The predicted octanol–water partition coefficient (Wildman–Crippen LogP) is 3.30. The van der Waals surface area contributed by atoms with Crippen molar-refractivity contribution in [2.45, 2.75) is 96.5 Å². The molecule has 0 spiro atoms. The van der Waals surface area contributed by atoms with Crippen LogP contribution in [0, 0.1) is 40.9 Å². The van der Waals surface area contributed by atoms with E-state index in [0.717, 1.165) is 31.2 Å². The van der Waals surface area contributed by atoms with Crippen LogP contribution in [0.1, 0.15) is 79.1 Å². The van der Waals surface area contributed by atoms with Crippen LogP contribution >= 0.6 is 0 Å². The van der Waals surface area contributed by atoms with Crippen molar-refractivity contribution in [3.63, 3.8) is 0 Å².